The summed E-state index contributed by atoms with van der Waals surface area (Å²) in [5, 5.41) is 12.1. The summed E-state index contributed by atoms with van der Waals surface area (Å²) in [6.07, 6.45) is 2.81. The maximum Gasteiger partial charge on any atom is 0.273 e. The van der Waals surface area contributed by atoms with Crippen LogP contribution in [0, 0.1) is 12.8 Å². The van der Waals surface area contributed by atoms with Gasteiger partial charge in [-0.25, -0.2) is 4.98 Å². The number of nitrogens with zero attached hydrogens (tertiary/aromatic N) is 4. The molecule has 0 aliphatic carbocycles. The largest absolute Gasteiger partial charge is 0.396 e. The van der Waals surface area contributed by atoms with Crippen LogP contribution < -0.4 is 0 Å². The zero-order valence-electron chi connectivity index (χ0n) is 15.4. The third-order valence-electron chi connectivity index (χ3n) is 5.56. The Kier molecular flexibility index (Phi) is 6.44. The highest BCUT2D eigenvalue weighted by molar-refractivity contribution is 7.09. The smallest absolute Gasteiger partial charge is 0.273 e. The summed E-state index contributed by atoms with van der Waals surface area (Å²) in [4.78, 5) is 24.1. The summed E-state index contributed by atoms with van der Waals surface area (Å²) in [6, 6.07) is 0.529. The van der Waals surface area contributed by atoms with E-state index in [2.05, 4.69) is 21.8 Å². The molecule has 0 spiro atoms. The van der Waals surface area contributed by atoms with E-state index in [-0.39, 0.29) is 12.5 Å². The van der Waals surface area contributed by atoms with Crippen LogP contribution in [0.2, 0.25) is 0 Å². The summed E-state index contributed by atoms with van der Waals surface area (Å²) in [6.45, 7) is 8.20. The number of hydrogen-bond donors (Lipinski definition) is 1. The third kappa shape index (κ3) is 4.58. The number of piperazine rings is 1. The quantitative estimate of drug-likeness (QED) is 0.851. The van der Waals surface area contributed by atoms with Gasteiger partial charge >= 0.3 is 0 Å². The molecule has 2 aliphatic rings. The molecular weight excluding hydrogens is 336 g/mol. The molecule has 7 heteroatoms. The average Bonchev–Trinajstić information content (AvgIpc) is 3.06. The van der Waals surface area contributed by atoms with Crippen LogP contribution in [0.25, 0.3) is 0 Å². The number of likely N-dealkylation sites (tertiary alicyclic amines) is 1. The van der Waals surface area contributed by atoms with Crippen LogP contribution in [0.4, 0.5) is 0 Å². The Morgan fingerprint density at radius 3 is 2.72 bits per heavy atom. The molecule has 140 valence electrons. The number of aromatic nitrogens is 1. The fraction of sp³-hybridized carbons (Fsp3) is 0.778. The molecule has 3 rings (SSSR count). The molecule has 3 heterocycles. The zero-order valence-corrected chi connectivity index (χ0v) is 16.2. The van der Waals surface area contributed by atoms with Crippen molar-refractivity contribution in [3.8, 4) is 0 Å². The summed E-state index contributed by atoms with van der Waals surface area (Å²) < 4.78 is 0. The van der Waals surface area contributed by atoms with Gasteiger partial charge in [0.2, 0.25) is 0 Å². The van der Waals surface area contributed by atoms with E-state index in [1.165, 1.54) is 11.3 Å². The van der Waals surface area contributed by atoms with E-state index >= 15 is 0 Å². The first-order valence-corrected chi connectivity index (χ1v) is 10.2. The van der Waals surface area contributed by atoms with Crippen LogP contribution in [-0.2, 0) is 0 Å². The van der Waals surface area contributed by atoms with Gasteiger partial charge in [-0.3, -0.25) is 9.69 Å². The first-order chi connectivity index (χ1) is 12.1. The minimum absolute atomic E-state index is 0.0650. The second-order valence-corrected chi connectivity index (χ2v) is 8.39. The van der Waals surface area contributed by atoms with Crippen LogP contribution in [0.3, 0.4) is 0 Å². The van der Waals surface area contributed by atoms with Gasteiger partial charge in [0.25, 0.3) is 5.91 Å². The van der Waals surface area contributed by atoms with Crippen molar-refractivity contribution < 1.29 is 9.90 Å². The maximum absolute atomic E-state index is 12.8. The van der Waals surface area contributed by atoms with Gasteiger partial charge in [0, 0.05) is 57.3 Å². The molecule has 1 amide bonds. The van der Waals surface area contributed by atoms with Crippen molar-refractivity contribution in [3.63, 3.8) is 0 Å². The number of thiazole rings is 1. The number of hydrogen-bond acceptors (Lipinski definition) is 6. The molecule has 0 radical (unpaired) electrons. The number of carbonyl (C=O) groups is 1. The molecule has 1 aromatic rings. The molecule has 6 nitrogen and oxygen atoms in total. The number of amides is 1. The normalized spacial score (nSPS) is 26.1. The van der Waals surface area contributed by atoms with E-state index in [0.29, 0.717) is 17.7 Å². The number of piperidine rings is 1. The number of aliphatic hydroxyl groups excluding tert-OH is 1. The minimum atomic E-state index is 0.0650. The summed E-state index contributed by atoms with van der Waals surface area (Å²) in [7, 11) is 2.18. The van der Waals surface area contributed by atoms with Gasteiger partial charge in [-0.1, -0.05) is 0 Å². The molecular formula is C18H30N4O2S. The number of aryl methyl sites for hydroxylation is 1. The fourth-order valence-electron chi connectivity index (χ4n) is 4.10. The van der Waals surface area contributed by atoms with Crippen molar-refractivity contribution in [2.75, 3.05) is 52.9 Å². The van der Waals surface area contributed by atoms with Crippen molar-refractivity contribution >= 4 is 17.2 Å². The molecule has 1 aromatic heterocycles. The van der Waals surface area contributed by atoms with Crippen LogP contribution in [0.5, 0.6) is 0 Å². The standard InChI is InChI=1S/C18H30N4O2S/c1-14-19-16(13-25-14)18(24)22-6-5-17(15(12-22)4-3-11-23)21-9-7-20(2)8-10-21/h13,15,17,23H,3-12H2,1-2H3/t15-,17+/m0/s1. The molecule has 0 bridgehead atoms. The highest BCUT2D eigenvalue weighted by Crippen LogP contribution is 2.28. The Bertz CT molecular complexity index is 571. The lowest BCUT2D eigenvalue weighted by Gasteiger charge is -2.46. The van der Waals surface area contributed by atoms with Crippen LogP contribution in [-0.4, -0.2) is 89.7 Å². The second kappa shape index (κ2) is 8.58. The molecule has 1 N–H and O–H groups in total. The maximum atomic E-state index is 12.8. The van der Waals surface area contributed by atoms with Crippen molar-refractivity contribution in [3.05, 3.63) is 16.1 Å². The Balaban J connectivity index is 1.66. The second-order valence-electron chi connectivity index (χ2n) is 7.32. The number of carbonyl (C=O) groups excluding carboxylic acids is 1. The van der Waals surface area contributed by atoms with Gasteiger partial charge < -0.3 is 14.9 Å². The highest BCUT2D eigenvalue weighted by atomic mass is 32.1. The first kappa shape index (κ1) is 18.8. The predicted octanol–water partition coefficient (Wildman–Crippen LogP) is 1.30. The molecule has 25 heavy (non-hydrogen) atoms. The molecule has 2 saturated heterocycles. The first-order valence-electron chi connectivity index (χ1n) is 9.33. The SMILES string of the molecule is Cc1nc(C(=O)N2CC[C@@H](N3CCN(C)CC3)[C@@H](CCCO)C2)cs1. The lowest BCUT2D eigenvalue weighted by molar-refractivity contribution is 0.0215. The average molecular weight is 367 g/mol. The van der Waals surface area contributed by atoms with E-state index < -0.39 is 0 Å². The van der Waals surface area contributed by atoms with Gasteiger partial charge in [0.1, 0.15) is 5.69 Å². The van der Waals surface area contributed by atoms with Crippen LogP contribution in [0.15, 0.2) is 5.38 Å². The Labute approximate surface area is 154 Å². The third-order valence-corrected chi connectivity index (χ3v) is 6.33. The van der Waals surface area contributed by atoms with Gasteiger partial charge in [-0.15, -0.1) is 11.3 Å². The van der Waals surface area contributed by atoms with Crippen LogP contribution in [0.1, 0.15) is 34.8 Å². The lowest BCUT2D eigenvalue weighted by atomic mass is 9.86. The fourth-order valence-corrected chi connectivity index (χ4v) is 4.69. The van der Waals surface area contributed by atoms with Crippen molar-refractivity contribution in [2.45, 2.75) is 32.2 Å². The summed E-state index contributed by atoms with van der Waals surface area (Å²) in [5.41, 5.74) is 0.585. The van der Waals surface area contributed by atoms with E-state index in [0.717, 1.165) is 63.5 Å². The van der Waals surface area contributed by atoms with Crippen LogP contribution >= 0.6 is 11.3 Å². The molecule has 0 unspecified atom stereocenters. The number of likely N-dealkylation sites (N-methyl/N-ethyl adjacent to an activating group) is 1. The molecule has 0 saturated carbocycles. The predicted molar refractivity (Wildman–Crippen MR) is 100 cm³/mol. The van der Waals surface area contributed by atoms with E-state index in [1.54, 1.807) is 0 Å². The zero-order chi connectivity index (χ0) is 17.8. The van der Waals surface area contributed by atoms with E-state index in [4.69, 9.17) is 0 Å². The van der Waals surface area contributed by atoms with Gasteiger partial charge in [-0.05, 0) is 39.2 Å². The van der Waals surface area contributed by atoms with Crippen molar-refractivity contribution in [2.24, 2.45) is 5.92 Å². The molecule has 2 aliphatic heterocycles. The summed E-state index contributed by atoms with van der Waals surface area (Å²) in [5.74, 6) is 0.503. The lowest BCUT2D eigenvalue weighted by Crippen LogP contribution is -2.57. The van der Waals surface area contributed by atoms with Gasteiger partial charge in [-0.2, -0.15) is 0 Å². The Morgan fingerprint density at radius 1 is 1.32 bits per heavy atom. The minimum Gasteiger partial charge on any atom is -0.396 e. The van der Waals surface area contributed by atoms with Crippen molar-refractivity contribution in [1.82, 2.24) is 19.7 Å². The summed E-state index contributed by atoms with van der Waals surface area (Å²) >= 11 is 1.53. The molecule has 0 aromatic carbocycles. The molecule has 2 fully saturated rings. The van der Waals surface area contributed by atoms with E-state index in [9.17, 15) is 9.90 Å². The molecule has 2 atom stereocenters. The van der Waals surface area contributed by atoms with Gasteiger partial charge in [0.05, 0.1) is 5.01 Å². The highest BCUT2D eigenvalue weighted by Gasteiger charge is 2.36. The number of aliphatic hydroxyl groups is 1. The number of rotatable bonds is 5. The Morgan fingerprint density at radius 2 is 2.08 bits per heavy atom. The topological polar surface area (TPSA) is 59.9 Å². The van der Waals surface area contributed by atoms with E-state index in [1.807, 2.05) is 17.2 Å². The monoisotopic (exact) mass is 366 g/mol. The van der Waals surface area contributed by atoms with Gasteiger partial charge in [0.15, 0.2) is 0 Å². The Hall–Kier alpha value is -1.02. The van der Waals surface area contributed by atoms with Crippen molar-refractivity contribution in [1.29, 1.82) is 0 Å².